The molecule has 2 saturated carbocycles. The molecule has 4 fully saturated rings. The molecule has 3 heterocycles. The second-order valence-corrected chi connectivity index (χ2v) is 9.67. The average Bonchev–Trinajstić information content (AvgIpc) is 3.49. The summed E-state index contributed by atoms with van der Waals surface area (Å²) < 4.78 is 0. The van der Waals surface area contributed by atoms with Crippen LogP contribution in [0.3, 0.4) is 0 Å². The third-order valence-electron chi connectivity index (χ3n) is 7.61. The fourth-order valence-electron chi connectivity index (χ4n) is 5.85. The van der Waals surface area contributed by atoms with Gasteiger partial charge in [0.2, 0.25) is 5.95 Å². The van der Waals surface area contributed by atoms with Crippen LogP contribution in [-0.2, 0) is 0 Å². The number of hydrogen-bond donors (Lipinski definition) is 0. The van der Waals surface area contributed by atoms with E-state index in [1.165, 1.54) is 51.4 Å². The predicted octanol–water partition coefficient (Wildman–Crippen LogP) is 3.26. The average molecular weight is 419 g/mol. The van der Waals surface area contributed by atoms with E-state index in [1.807, 2.05) is 6.20 Å². The van der Waals surface area contributed by atoms with Crippen LogP contribution in [-0.4, -0.2) is 84.2 Å². The third-order valence-corrected chi connectivity index (χ3v) is 7.87. The van der Waals surface area contributed by atoms with Crippen molar-refractivity contribution in [3.63, 3.8) is 0 Å². The second-order valence-electron chi connectivity index (χ2n) is 9.26. The molecule has 0 N–H and O–H groups in total. The number of hydrogen-bond acceptors (Lipinski definition) is 6. The van der Waals surface area contributed by atoms with Crippen LogP contribution in [0.15, 0.2) is 6.20 Å². The number of piperazine rings is 2. The Bertz CT molecular complexity index is 672. The summed E-state index contributed by atoms with van der Waals surface area (Å²) in [6.45, 7) is 8.59. The lowest BCUT2D eigenvalue weighted by Crippen LogP contribution is -2.51. The van der Waals surface area contributed by atoms with Crippen molar-refractivity contribution in [2.24, 2.45) is 0 Å². The number of nitrogens with zero attached hydrogens (tertiary/aromatic N) is 6. The monoisotopic (exact) mass is 418 g/mol. The highest BCUT2D eigenvalue weighted by molar-refractivity contribution is 6.32. The maximum absolute atomic E-state index is 6.53. The van der Waals surface area contributed by atoms with E-state index in [4.69, 9.17) is 16.6 Å². The highest BCUT2D eigenvalue weighted by Gasteiger charge is 2.29. The fourth-order valence-corrected chi connectivity index (χ4v) is 6.06. The lowest BCUT2D eigenvalue weighted by molar-refractivity contribution is 0.186. The van der Waals surface area contributed by atoms with Gasteiger partial charge in [-0.3, -0.25) is 9.80 Å². The van der Waals surface area contributed by atoms with Gasteiger partial charge in [0.25, 0.3) is 0 Å². The zero-order valence-electron chi connectivity index (χ0n) is 17.6. The summed E-state index contributed by atoms with van der Waals surface area (Å²) in [5.74, 6) is 1.79. The molecule has 6 nitrogen and oxygen atoms in total. The van der Waals surface area contributed by atoms with Crippen molar-refractivity contribution < 1.29 is 0 Å². The molecule has 1 aromatic heterocycles. The van der Waals surface area contributed by atoms with Gasteiger partial charge < -0.3 is 9.80 Å². The van der Waals surface area contributed by atoms with Crippen LogP contribution in [0.5, 0.6) is 0 Å². The van der Waals surface area contributed by atoms with Gasteiger partial charge in [0.05, 0.1) is 6.20 Å². The Kier molecular flexibility index (Phi) is 6.12. The summed E-state index contributed by atoms with van der Waals surface area (Å²) >= 11 is 6.53. The fraction of sp³-hybridized carbons (Fsp3) is 0.818. The first kappa shape index (κ1) is 19.8. The minimum Gasteiger partial charge on any atom is -0.353 e. The maximum atomic E-state index is 6.53. The minimum absolute atomic E-state index is 0.688. The molecule has 160 valence electrons. The van der Waals surface area contributed by atoms with Gasteiger partial charge in [-0.15, -0.1) is 0 Å². The second kappa shape index (κ2) is 8.94. The van der Waals surface area contributed by atoms with E-state index in [2.05, 4.69) is 24.6 Å². The van der Waals surface area contributed by atoms with Crippen LogP contribution >= 0.6 is 11.6 Å². The Labute approximate surface area is 180 Å². The lowest BCUT2D eigenvalue weighted by atomic mass is 10.2. The molecule has 0 bridgehead atoms. The molecular formula is C22H35ClN6. The van der Waals surface area contributed by atoms with Gasteiger partial charge in [0.1, 0.15) is 5.02 Å². The lowest BCUT2D eigenvalue weighted by Gasteiger charge is -2.40. The van der Waals surface area contributed by atoms with Crippen molar-refractivity contribution in [2.45, 2.75) is 63.5 Å². The van der Waals surface area contributed by atoms with Gasteiger partial charge in [-0.05, 0) is 25.7 Å². The first-order chi connectivity index (χ1) is 14.3. The van der Waals surface area contributed by atoms with Crippen molar-refractivity contribution >= 4 is 23.4 Å². The molecule has 1 aromatic rings. The molecule has 0 spiro atoms. The molecular weight excluding hydrogens is 384 g/mol. The van der Waals surface area contributed by atoms with E-state index in [-0.39, 0.29) is 0 Å². The Hall–Kier alpha value is -1.11. The van der Waals surface area contributed by atoms with Gasteiger partial charge in [-0.2, -0.15) is 4.98 Å². The van der Waals surface area contributed by atoms with Crippen LogP contribution in [0.1, 0.15) is 51.4 Å². The summed E-state index contributed by atoms with van der Waals surface area (Å²) in [7, 11) is 0. The highest BCUT2D eigenvalue weighted by atomic mass is 35.5. The number of rotatable bonds is 4. The third kappa shape index (κ3) is 4.35. The van der Waals surface area contributed by atoms with Crippen molar-refractivity contribution in [1.29, 1.82) is 0 Å². The van der Waals surface area contributed by atoms with Gasteiger partial charge in [0, 0.05) is 64.4 Å². The van der Waals surface area contributed by atoms with Crippen LogP contribution in [0.4, 0.5) is 11.8 Å². The Morgan fingerprint density at radius 2 is 1.17 bits per heavy atom. The standard InChI is InChI=1S/C22H35ClN6/c23-20-17-24-22(29-15-11-27(12-16-29)19-7-3-4-8-19)25-21(20)28-13-9-26(10-14-28)18-5-1-2-6-18/h17-19H,1-16H2. The van der Waals surface area contributed by atoms with E-state index in [1.54, 1.807) is 0 Å². The first-order valence-electron chi connectivity index (χ1n) is 11.8. The van der Waals surface area contributed by atoms with Crippen molar-refractivity contribution in [3.8, 4) is 0 Å². The van der Waals surface area contributed by atoms with Crippen LogP contribution in [0.25, 0.3) is 0 Å². The number of aromatic nitrogens is 2. The van der Waals surface area contributed by atoms with Crippen LogP contribution < -0.4 is 9.80 Å². The summed E-state index contributed by atoms with van der Waals surface area (Å²) in [4.78, 5) is 19.6. The molecule has 2 saturated heterocycles. The van der Waals surface area contributed by atoms with Gasteiger partial charge in [-0.25, -0.2) is 4.98 Å². The summed E-state index contributed by atoms with van der Waals surface area (Å²) in [5.41, 5.74) is 0. The van der Waals surface area contributed by atoms with E-state index in [0.29, 0.717) is 5.02 Å². The van der Waals surface area contributed by atoms with Crippen LogP contribution in [0, 0.1) is 0 Å². The Morgan fingerprint density at radius 3 is 1.69 bits per heavy atom. The van der Waals surface area contributed by atoms with Crippen molar-refractivity contribution in [2.75, 3.05) is 62.2 Å². The molecule has 0 atom stereocenters. The molecule has 4 aliphatic rings. The smallest absolute Gasteiger partial charge is 0.227 e. The Morgan fingerprint density at radius 1 is 0.690 bits per heavy atom. The maximum Gasteiger partial charge on any atom is 0.227 e. The van der Waals surface area contributed by atoms with E-state index in [9.17, 15) is 0 Å². The van der Waals surface area contributed by atoms with Gasteiger partial charge >= 0.3 is 0 Å². The Balaban J connectivity index is 1.20. The molecule has 0 amide bonds. The van der Waals surface area contributed by atoms with Gasteiger partial charge in [0.15, 0.2) is 5.82 Å². The minimum atomic E-state index is 0.688. The SMILES string of the molecule is Clc1cnc(N2CCN(C3CCCC3)CC2)nc1N1CCN(C2CCCC2)CC1. The molecule has 29 heavy (non-hydrogen) atoms. The molecule has 0 radical (unpaired) electrons. The van der Waals surface area contributed by atoms with E-state index in [0.717, 1.165) is 76.2 Å². The summed E-state index contributed by atoms with van der Waals surface area (Å²) in [6, 6.07) is 1.62. The predicted molar refractivity (Wildman–Crippen MR) is 119 cm³/mol. The first-order valence-corrected chi connectivity index (χ1v) is 12.2. The molecule has 5 rings (SSSR count). The molecule has 0 aromatic carbocycles. The summed E-state index contributed by atoms with van der Waals surface area (Å²) in [6.07, 6.45) is 13.0. The van der Waals surface area contributed by atoms with Gasteiger partial charge in [-0.1, -0.05) is 37.3 Å². The number of anilines is 2. The number of halogens is 1. The zero-order valence-corrected chi connectivity index (χ0v) is 18.4. The highest BCUT2D eigenvalue weighted by Crippen LogP contribution is 2.30. The molecule has 2 aliphatic carbocycles. The largest absolute Gasteiger partial charge is 0.353 e. The molecule has 2 aliphatic heterocycles. The topological polar surface area (TPSA) is 38.7 Å². The van der Waals surface area contributed by atoms with Crippen LogP contribution in [0.2, 0.25) is 5.02 Å². The molecule has 0 unspecified atom stereocenters. The zero-order chi connectivity index (χ0) is 19.6. The molecule has 7 heteroatoms. The normalized spacial score (nSPS) is 26.0. The quantitative estimate of drug-likeness (QED) is 0.747. The summed E-state index contributed by atoms with van der Waals surface area (Å²) in [5, 5.41) is 0.688. The van der Waals surface area contributed by atoms with Crippen molar-refractivity contribution in [3.05, 3.63) is 11.2 Å². The van der Waals surface area contributed by atoms with Crippen molar-refractivity contribution in [1.82, 2.24) is 19.8 Å². The van der Waals surface area contributed by atoms with E-state index >= 15 is 0 Å². The van der Waals surface area contributed by atoms with E-state index < -0.39 is 0 Å².